The molecule has 0 radical (unpaired) electrons. The molecule has 0 saturated carbocycles. The van der Waals surface area contributed by atoms with E-state index in [9.17, 15) is 14.4 Å². The van der Waals surface area contributed by atoms with Crippen molar-refractivity contribution in [3.8, 4) is 0 Å². The van der Waals surface area contributed by atoms with Crippen LogP contribution in [0.15, 0.2) is 24.3 Å². The summed E-state index contributed by atoms with van der Waals surface area (Å²) in [6, 6.07) is 6.62. The zero-order valence-electron chi connectivity index (χ0n) is 15.9. The second kappa shape index (κ2) is 7.76. The topological polar surface area (TPSA) is 84.9 Å². The summed E-state index contributed by atoms with van der Waals surface area (Å²) in [4.78, 5) is 37.8. The average molecular weight is 362 g/mol. The fraction of sp³-hybridized carbons (Fsp3) is 0.526. The molecule has 2 amide bonds. The van der Waals surface area contributed by atoms with Gasteiger partial charge in [-0.1, -0.05) is 12.1 Å². The highest BCUT2D eigenvalue weighted by atomic mass is 16.6. The number of nitrogens with zero attached hydrogens (tertiary/aromatic N) is 1. The molecule has 26 heavy (non-hydrogen) atoms. The summed E-state index contributed by atoms with van der Waals surface area (Å²) >= 11 is 0. The molecule has 1 heterocycles. The largest absolute Gasteiger partial charge is 0.469 e. The number of likely N-dealkylation sites (tertiary alicyclic amines) is 1. The molecule has 1 fully saturated rings. The average Bonchev–Trinajstić information content (AvgIpc) is 2.97. The highest BCUT2D eigenvalue weighted by Gasteiger charge is 2.44. The van der Waals surface area contributed by atoms with Gasteiger partial charge in [0.05, 0.1) is 19.1 Å². The number of nitrogens with one attached hydrogen (secondary N) is 1. The maximum atomic E-state index is 12.6. The van der Waals surface area contributed by atoms with Crippen LogP contribution >= 0.6 is 0 Å². The molecule has 0 spiro atoms. The second-order valence-corrected chi connectivity index (χ2v) is 7.34. The number of hydrogen-bond donors (Lipinski definition) is 1. The van der Waals surface area contributed by atoms with Gasteiger partial charge in [0.15, 0.2) is 0 Å². The van der Waals surface area contributed by atoms with Gasteiger partial charge in [0, 0.05) is 19.2 Å². The molecule has 1 aliphatic heterocycles. The highest BCUT2D eigenvalue weighted by molar-refractivity contribution is 5.88. The molecule has 7 heteroatoms. The van der Waals surface area contributed by atoms with Crippen molar-refractivity contribution in [2.24, 2.45) is 5.92 Å². The number of benzene rings is 1. The third-order valence-electron chi connectivity index (χ3n) is 4.08. The Bertz CT molecular complexity index is 695. The smallest absolute Gasteiger partial charge is 0.410 e. The van der Waals surface area contributed by atoms with Crippen LogP contribution in [0.5, 0.6) is 0 Å². The van der Waals surface area contributed by atoms with Crippen molar-refractivity contribution < 1.29 is 23.9 Å². The molecular formula is C19H26N2O5. The Kier molecular flexibility index (Phi) is 5.90. The third kappa shape index (κ3) is 4.74. The van der Waals surface area contributed by atoms with Crippen molar-refractivity contribution in [3.63, 3.8) is 0 Å². The van der Waals surface area contributed by atoms with E-state index in [1.165, 1.54) is 14.0 Å². The van der Waals surface area contributed by atoms with E-state index in [0.29, 0.717) is 18.7 Å². The van der Waals surface area contributed by atoms with Gasteiger partial charge < -0.3 is 19.7 Å². The predicted octanol–water partition coefficient (Wildman–Crippen LogP) is 3.12. The van der Waals surface area contributed by atoms with E-state index in [-0.39, 0.29) is 11.9 Å². The van der Waals surface area contributed by atoms with E-state index in [1.54, 1.807) is 43.9 Å². The van der Waals surface area contributed by atoms with Gasteiger partial charge in [-0.15, -0.1) is 0 Å². The van der Waals surface area contributed by atoms with Crippen molar-refractivity contribution in [3.05, 3.63) is 29.8 Å². The van der Waals surface area contributed by atoms with Gasteiger partial charge >= 0.3 is 12.1 Å². The number of carbonyl (C=O) groups excluding carboxylic acids is 3. The Labute approximate surface area is 153 Å². The van der Waals surface area contributed by atoms with Gasteiger partial charge in [-0.2, -0.15) is 0 Å². The maximum absolute atomic E-state index is 12.6. The molecule has 1 N–H and O–H groups in total. The SMILES string of the molecule is COC(=O)C1CCN(C(=O)OC(C)(C)C)C1c1cccc(NC(C)=O)c1. The van der Waals surface area contributed by atoms with Crippen LogP contribution in [0.4, 0.5) is 10.5 Å². The molecule has 2 rings (SSSR count). The fourth-order valence-electron chi connectivity index (χ4n) is 3.13. The highest BCUT2D eigenvalue weighted by Crippen LogP contribution is 2.39. The maximum Gasteiger partial charge on any atom is 0.410 e. The Morgan fingerprint density at radius 1 is 1.23 bits per heavy atom. The number of carbonyl (C=O) groups is 3. The van der Waals surface area contributed by atoms with Crippen LogP contribution in [-0.2, 0) is 19.1 Å². The van der Waals surface area contributed by atoms with Crippen molar-refractivity contribution in [1.29, 1.82) is 0 Å². The number of anilines is 1. The van der Waals surface area contributed by atoms with Crippen LogP contribution in [0.25, 0.3) is 0 Å². The van der Waals surface area contributed by atoms with Crippen LogP contribution in [0.2, 0.25) is 0 Å². The summed E-state index contributed by atoms with van der Waals surface area (Å²) in [7, 11) is 1.34. The zero-order valence-corrected chi connectivity index (χ0v) is 15.9. The normalized spacial score (nSPS) is 19.8. The van der Waals surface area contributed by atoms with Crippen molar-refractivity contribution in [2.45, 2.75) is 45.8 Å². The second-order valence-electron chi connectivity index (χ2n) is 7.34. The van der Waals surface area contributed by atoms with Gasteiger partial charge in [-0.3, -0.25) is 9.59 Å². The van der Waals surface area contributed by atoms with Gasteiger partial charge in [0.2, 0.25) is 5.91 Å². The Morgan fingerprint density at radius 2 is 1.92 bits per heavy atom. The lowest BCUT2D eigenvalue weighted by Gasteiger charge is -2.30. The first-order valence-corrected chi connectivity index (χ1v) is 8.57. The first kappa shape index (κ1) is 19.8. The summed E-state index contributed by atoms with van der Waals surface area (Å²) in [5.74, 6) is -1.05. The first-order chi connectivity index (χ1) is 12.1. The van der Waals surface area contributed by atoms with E-state index in [0.717, 1.165) is 5.56 Å². The van der Waals surface area contributed by atoms with Gasteiger partial charge in [-0.05, 0) is 44.9 Å². The quantitative estimate of drug-likeness (QED) is 0.835. The predicted molar refractivity (Wildman–Crippen MR) is 96.5 cm³/mol. The van der Waals surface area contributed by atoms with Crippen LogP contribution < -0.4 is 5.32 Å². The molecule has 0 bridgehead atoms. The van der Waals surface area contributed by atoms with Crippen LogP contribution in [0.1, 0.15) is 45.7 Å². The van der Waals surface area contributed by atoms with Gasteiger partial charge in [0.25, 0.3) is 0 Å². The molecule has 2 atom stereocenters. The summed E-state index contributed by atoms with van der Waals surface area (Å²) < 4.78 is 10.4. The lowest BCUT2D eigenvalue weighted by atomic mass is 9.93. The summed E-state index contributed by atoms with van der Waals surface area (Å²) in [5.41, 5.74) is 0.716. The molecule has 1 saturated heterocycles. The minimum atomic E-state index is -0.636. The number of rotatable bonds is 3. The number of esters is 1. The molecule has 0 aliphatic carbocycles. The molecule has 1 aliphatic rings. The van der Waals surface area contributed by atoms with E-state index in [1.807, 2.05) is 6.07 Å². The number of methoxy groups -OCH3 is 1. The van der Waals surface area contributed by atoms with Crippen LogP contribution in [0.3, 0.4) is 0 Å². The lowest BCUT2D eigenvalue weighted by Crippen LogP contribution is -2.38. The Balaban J connectivity index is 2.37. The molecule has 1 aromatic rings. The molecule has 0 aromatic heterocycles. The fourth-order valence-corrected chi connectivity index (χ4v) is 3.13. The monoisotopic (exact) mass is 362 g/mol. The third-order valence-corrected chi connectivity index (χ3v) is 4.08. The Hall–Kier alpha value is -2.57. The lowest BCUT2D eigenvalue weighted by molar-refractivity contribution is -0.146. The zero-order chi connectivity index (χ0) is 19.5. The molecule has 1 aromatic carbocycles. The Morgan fingerprint density at radius 3 is 2.50 bits per heavy atom. The van der Waals surface area contributed by atoms with Crippen molar-refractivity contribution >= 4 is 23.7 Å². The molecular weight excluding hydrogens is 336 g/mol. The molecule has 7 nitrogen and oxygen atoms in total. The van der Waals surface area contributed by atoms with E-state index < -0.39 is 23.7 Å². The summed E-state index contributed by atoms with van der Waals surface area (Å²) in [6.45, 7) is 7.21. The van der Waals surface area contributed by atoms with Crippen molar-refractivity contribution in [1.82, 2.24) is 4.90 Å². The molecule has 142 valence electrons. The first-order valence-electron chi connectivity index (χ1n) is 8.57. The van der Waals surface area contributed by atoms with E-state index in [4.69, 9.17) is 9.47 Å². The van der Waals surface area contributed by atoms with Crippen molar-refractivity contribution in [2.75, 3.05) is 19.0 Å². The van der Waals surface area contributed by atoms with Gasteiger partial charge in [0.1, 0.15) is 5.60 Å². The summed E-state index contributed by atoms with van der Waals surface area (Å²) in [5, 5.41) is 2.72. The van der Waals surface area contributed by atoms with Crippen LogP contribution in [0, 0.1) is 5.92 Å². The number of hydrogen-bond acceptors (Lipinski definition) is 5. The van der Waals surface area contributed by atoms with E-state index >= 15 is 0 Å². The molecule has 2 unspecified atom stereocenters. The summed E-state index contributed by atoms with van der Waals surface area (Å²) in [6.07, 6.45) is 0.0137. The van der Waals surface area contributed by atoms with E-state index in [2.05, 4.69) is 5.32 Å². The van der Waals surface area contributed by atoms with Crippen LogP contribution in [-0.4, -0.2) is 42.1 Å². The number of amides is 2. The van der Waals surface area contributed by atoms with Gasteiger partial charge in [-0.25, -0.2) is 4.79 Å². The standard InChI is InChI=1S/C19H26N2O5/c1-12(22)20-14-8-6-7-13(11-14)16-15(17(23)25-5)9-10-21(16)18(24)26-19(2,3)4/h6-8,11,15-16H,9-10H2,1-5H3,(H,20,22). The minimum absolute atomic E-state index is 0.193. The number of ether oxygens (including phenoxy) is 2. The minimum Gasteiger partial charge on any atom is -0.469 e.